The van der Waals surface area contributed by atoms with Gasteiger partial charge in [-0.1, -0.05) is 24.3 Å². The first kappa shape index (κ1) is 11.1. The molecular weight excluding hydrogens is 200 g/mol. The molecule has 0 spiro atoms. The number of hydrogen-bond acceptors (Lipinski definition) is 2. The van der Waals surface area contributed by atoms with Gasteiger partial charge in [0, 0.05) is 0 Å². The second-order valence-corrected chi connectivity index (χ2v) is 4.53. The molecule has 1 aliphatic carbocycles. The summed E-state index contributed by atoms with van der Waals surface area (Å²) in [5.74, 6) is -0.00416. The van der Waals surface area contributed by atoms with Crippen molar-refractivity contribution in [3.05, 3.63) is 35.4 Å². The van der Waals surface area contributed by atoms with Gasteiger partial charge in [0.2, 0.25) is 5.91 Å². The lowest BCUT2D eigenvalue weighted by molar-refractivity contribution is -0.119. The number of primary amides is 1. The summed E-state index contributed by atoms with van der Waals surface area (Å²) in [6, 6.07) is 7.91. The normalized spacial score (nSPS) is 21.2. The van der Waals surface area contributed by atoms with E-state index in [0.717, 1.165) is 12.8 Å². The lowest BCUT2D eigenvalue weighted by Gasteiger charge is -2.26. The molecule has 0 fully saturated rings. The lowest BCUT2D eigenvalue weighted by atomic mass is 9.79. The fourth-order valence-electron chi connectivity index (χ4n) is 2.52. The van der Waals surface area contributed by atoms with Crippen LogP contribution < -0.4 is 11.5 Å². The highest BCUT2D eigenvalue weighted by atomic mass is 16.1. The molecule has 0 aliphatic heterocycles. The number of amides is 1. The Bertz CT molecular complexity index is 389. The molecule has 16 heavy (non-hydrogen) atoms. The molecule has 4 N–H and O–H groups in total. The molecule has 3 nitrogen and oxygen atoms in total. The molecule has 0 radical (unpaired) electrons. The number of carbonyl (C=O) groups excluding carboxylic acids is 1. The van der Waals surface area contributed by atoms with Gasteiger partial charge in [-0.05, 0) is 42.7 Å². The van der Waals surface area contributed by atoms with Crippen molar-refractivity contribution in [2.75, 3.05) is 0 Å². The highest BCUT2D eigenvalue weighted by Gasteiger charge is 2.23. The van der Waals surface area contributed by atoms with Crippen molar-refractivity contribution in [1.29, 1.82) is 0 Å². The number of rotatable bonds is 3. The summed E-state index contributed by atoms with van der Waals surface area (Å²) in [6.45, 7) is 0. The van der Waals surface area contributed by atoms with Gasteiger partial charge in [-0.25, -0.2) is 0 Å². The van der Waals surface area contributed by atoms with Gasteiger partial charge in [0.1, 0.15) is 0 Å². The summed E-state index contributed by atoms with van der Waals surface area (Å²) in [5, 5.41) is 0. The van der Waals surface area contributed by atoms with Crippen molar-refractivity contribution in [1.82, 2.24) is 0 Å². The molecule has 2 atom stereocenters. The number of hydrogen-bond donors (Lipinski definition) is 2. The van der Waals surface area contributed by atoms with Crippen LogP contribution in [-0.2, 0) is 11.2 Å². The average Bonchev–Trinajstić information content (AvgIpc) is 2.29. The Kier molecular flexibility index (Phi) is 3.25. The number of carbonyl (C=O) groups is 1. The van der Waals surface area contributed by atoms with Crippen molar-refractivity contribution in [3.8, 4) is 0 Å². The predicted molar refractivity (Wildman–Crippen MR) is 63.9 cm³/mol. The van der Waals surface area contributed by atoms with E-state index < -0.39 is 11.9 Å². The molecular formula is C13H18N2O. The zero-order valence-corrected chi connectivity index (χ0v) is 9.36. The minimum atomic E-state index is -0.517. The maximum Gasteiger partial charge on any atom is 0.234 e. The van der Waals surface area contributed by atoms with Crippen LogP contribution in [0.5, 0.6) is 0 Å². The molecule has 0 aromatic heterocycles. The van der Waals surface area contributed by atoms with Crippen LogP contribution in [0, 0.1) is 0 Å². The number of nitrogens with two attached hydrogens (primary N) is 2. The minimum Gasteiger partial charge on any atom is -0.368 e. The van der Waals surface area contributed by atoms with Crippen molar-refractivity contribution in [3.63, 3.8) is 0 Å². The summed E-state index contributed by atoms with van der Waals surface area (Å²) in [6.07, 6.45) is 4.09. The highest BCUT2D eigenvalue weighted by Crippen LogP contribution is 2.34. The van der Waals surface area contributed by atoms with E-state index in [1.165, 1.54) is 17.5 Å². The quantitative estimate of drug-likeness (QED) is 0.803. The zero-order valence-electron chi connectivity index (χ0n) is 9.36. The van der Waals surface area contributed by atoms with Crippen LogP contribution in [0.3, 0.4) is 0 Å². The molecule has 86 valence electrons. The van der Waals surface area contributed by atoms with Gasteiger partial charge in [-0.3, -0.25) is 4.79 Å². The van der Waals surface area contributed by atoms with E-state index in [9.17, 15) is 4.79 Å². The Hall–Kier alpha value is -1.35. The van der Waals surface area contributed by atoms with Crippen LogP contribution in [0.1, 0.15) is 36.3 Å². The summed E-state index contributed by atoms with van der Waals surface area (Å²) in [7, 11) is 0. The van der Waals surface area contributed by atoms with Crippen LogP contribution in [0.15, 0.2) is 24.3 Å². The minimum absolute atomic E-state index is 0.396. The first-order chi connectivity index (χ1) is 7.68. The molecule has 0 saturated heterocycles. The first-order valence-electron chi connectivity index (χ1n) is 5.81. The summed E-state index contributed by atoms with van der Waals surface area (Å²) >= 11 is 0. The van der Waals surface area contributed by atoms with Gasteiger partial charge in [0.25, 0.3) is 0 Å². The first-order valence-corrected chi connectivity index (χ1v) is 5.81. The van der Waals surface area contributed by atoms with Crippen molar-refractivity contribution >= 4 is 5.91 Å². The van der Waals surface area contributed by atoms with Crippen LogP contribution >= 0.6 is 0 Å². The Labute approximate surface area is 95.8 Å². The molecule has 3 heteroatoms. The lowest BCUT2D eigenvalue weighted by Crippen LogP contribution is -2.38. The van der Waals surface area contributed by atoms with Gasteiger partial charge in [0.05, 0.1) is 6.04 Å². The molecule has 1 aromatic carbocycles. The zero-order chi connectivity index (χ0) is 11.5. The second-order valence-electron chi connectivity index (χ2n) is 4.53. The average molecular weight is 218 g/mol. The molecule has 2 rings (SSSR count). The van der Waals surface area contributed by atoms with Crippen molar-refractivity contribution < 1.29 is 4.79 Å². The fraction of sp³-hybridized carbons (Fsp3) is 0.462. The van der Waals surface area contributed by atoms with Crippen LogP contribution in [-0.4, -0.2) is 11.9 Å². The van der Waals surface area contributed by atoms with Gasteiger partial charge in [0.15, 0.2) is 0 Å². The second kappa shape index (κ2) is 4.66. The summed E-state index contributed by atoms with van der Waals surface area (Å²) in [5.41, 5.74) is 13.7. The van der Waals surface area contributed by atoms with E-state index in [0.29, 0.717) is 12.3 Å². The Balaban J connectivity index is 2.16. The van der Waals surface area contributed by atoms with E-state index in [4.69, 9.17) is 11.5 Å². The van der Waals surface area contributed by atoms with E-state index >= 15 is 0 Å². The third-order valence-electron chi connectivity index (χ3n) is 3.40. The van der Waals surface area contributed by atoms with Crippen LogP contribution in [0.2, 0.25) is 0 Å². The van der Waals surface area contributed by atoms with E-state index in [2.05, 4.69) is 18.2 Å². The fourth-order valence-corrected chi connectivity index (χ4v) is 2.52. The molecule has 0 saturated carbocycles. The third-order valence-corrected chi connectivity index (χ3v) is 3.40. The van der Waals surface area contributed by atoms with Gasteiger partial charge in [-0.15, -0.1) is 0 Å². The SMILES string of the molecule is NC(=O)C(N)CC1CCCc2ccccc21. The number of benzene rings is 1. The maximum absolute atomic E-state index is 11.0. The summed E-state index contributed by atoms with van der Waals surface area (Å²) in [4.78, 5) is 11.0. The smallest absolute Gasteiger partial charge is 0.234 e. The molecule has 1 amide bonds. The van der Waals surface area contributed by atoms with Crippen molar-refractivity contribution in [2.45, 2.75) is 37.6 Å². The Morgan fingerprint density at radius 2 is 2.19 bits per heavy atom. The Morgan fingerprint density at radius 1 is 1.44 bits per heavy atom. The van der Waals surface area contributed by atoms with E-state index in [-0.39, 0.29) is 0 Å². The van der Waals surface area contributed by atoms with E-state index in [1.807, 2.05) is 6.07 Å². The maximum atomic E-state index is 11.0. The number of aryl methyl sites for hydroxylation is 1. The van der Waals surface area contributed by atoms with Gasteiger partial charge < -0.3 is 11.5 Å². The third kappa shape index (κ3) is 2.25. The predicted octanol–water partition coefficient (Wildman–Crippen LogP) is 1.31. The van der Waals surface area contributed by atoms with Crippen LogP contribution in [0.25, 0.3) is 0 Å². The highest BCUT2D eigenvalue weighted by molar-refractivity contribution is 5.79. The van der Waals surface area contributed by atoms with E-state index in [1.54, 1.807) is 0 Å². The standard InChI is InChI=1S/C13H18N2O/c14-12(13(15)16)8-10-6-3-5-9-4-1-2-7-11(9)10/h1-2,4,7,10,12H,3,5-6,8,14H2,(H2,15,16). The van der Waals surface area contributed by atoms with Gasteiger partial charge >= 0.3 is 0 Å². The number of fused-ring (bicyclic) bond motifs is 1. The largest absolute Gasteiger partial charge is 0.368 e. The molecule has 2 unspecified atom stereocenters. The van der Waals surface area contributed by atoms with Crippen LogP contribution in [0.4, 0.5) is 0 Å². The molecule has 1 aromatic rings. The molecule has 0 heterocycles. The molecule has 1 aliphatic rings. The van der Waals surface area contributed by atoms with Gasteiger partial charge in [-0.2, -0.15) is 0 Å². The molecule has 0 bridgehead atoms. The monoisotopic (exact) mass is 218 g/mol. The summed E-state index contributed by atoms with van der Waals surface area (Å²) < 4.78 is 0. The Morgan fingerprint density at radius 3 is 2.94 bits per heavy atom. The van der Waals surface area contributed by atoms with Crippen molar-refractivity contribution in [2.24, 2.45) is 11.5 Å². The topological polar surface area (TPSA) is 69.1 Å².